The smallest absolute Gasteiger partial charge is 0.170 e. The van der Waals surface area contributed by atoms with Gasteiger partial charge in [-0.05, 0) is 30.0 Å². The predicted molar refractivity (Wildman–Crippen MR) is 82.0 cm³/mol. The predicted octanol–water partition coefficient (Wildman–Crippen LogP) is 4.85. The second kappa shape index (κ2) is 8.95. The van der Waals surface area contributed by atoms with Gasteiger partial charge in [-0.15, -0.1) is 0 Å². The molecule has 0 saturated carbocycles. The number of rotatable bonds is 5. The summed E-state index contributed by atoms with van der Waals surface area (Å²) in [6.45, 7) is 2.30. The van der Waals surface area contributed by atoms with Crippen LogP contribution in [-0.4, -0.2) is 12.8 Å². The maximum atomic E-state index is 6.01. The Bertz CT molecular complexity index is 445. The normalized spacial score (nSPS) is 16.9. The SMILES string of the molecule is C\C=N/C(Cl)=C(\C=C\Br)OCC1=CC=CC=CC1. The van der Waals surface area contributed by atoms with Crippen molar-refractivity contribution in [1.82, 2.24) is 0 Å². The molecule has 0 unspecified atom stereocenters. The molecule has 0 saturated heterocycles. The van der Waals surface area contributed by atoms with Crippen LogP contribution in [0.15, 0.2) is 62.9 Å². The lowest BCUT2D eigenvalue weighted by atomic mass is 10.2. The molecule has 0 aromatic rings. The fourth-order valence-electron chi connectivity index (χ4n) is 1.31. The van der Waals surface area contributed by atoms with E-state index in [1.54, 1.807) is 24.2 Å². The van der Waals surface area contributed by atoms with E-state index in [0.717, 1.165) is 6.42 Å². The lowest BCUT2D eigenvalue weighted by molar-refractivity contribution is 0.249. The summed E-state index contributed by atoms with van der Waals surface area (Å²) in [7, 11) is 0. The second-order valence-corrected chi connectivity index (χ2v) is 4.35. The van der Waals surface area contributed by atoms with Crippen LogP contribution in [0.4, 0.5) is 0 Å². The highest BCUT2D eigenvalue weighted by Gasteiger charge is 2.03. The Morgan fingerprint density at radius 3 is 3.06 bits per heavy atom. The van der Waals surface area contributed by atoms with Crippen molar-refractivity contribution in [3.8, 4) is 0 Å². The van der Waals surface area contributed by atoms with Crippen LogP contribution in [0.25, 0.3) is 0 Å². The van der Waals surface area contributed by atoms with Crippen LogP contribution in [0.2, 0.25) is 0 Å². The molecule has 1 rings (SSSR count). The third-order valence-corrected chi connectivity index (χ3v) is 2.69. The standard InChI is InChI=1S/C14H15BrClNO/c1-2-17-14(16)13(9-10-15)18-11-12-7-5-3-4-6-8-12/h2-7,9-10H,8,11H2,1H3/b10-9+,14-13+,17-2-. The Balaban J connectivity index is 2.69. The zero-order valence-electron chi connectivity index (χ0n) is 10.1. The van der Waals surface area contributed by atoms with Crippen molar-refractivity contribution in [2.24, 2.45) is 4.99 Å². The fraction of sp³-hybridized carbons (Fsp3) is 0.214. The summed E-state index contributed by atoms with van der Waals surface area (Å²) < 4.78 is 5.67. The molecule has 2 nitrogen and oxygen atoms in total. The number of hydrogen-bond acceptors (Lipinski definition) is 2. The van der Waals surface area contributed by atoms with Crippen LogP contribution in [0, 0.1) is 0 Å². The fourth-order valence-corrected chi connectivity index (χ4v) is 1.77. The summed E-state index contributed by atoms with van der Waals surface area (Å²) in [6.07, 6.45) is 14.4. The van der Waals surface area contributed by atoms with Crippen LogP contribution >= 0.6 is 27.5 Å². The molecule has 0 bridgehead atoms. The van der Waals surface area contributed by atoms with Gasteiger partial charge in [-0.1, -0.05) is 57.9 Å². The Morgan fingerprint density at radius 1 is 1.50 bits per heavy atom. The van der Waals surface area contributed by atoms with Crippen molar-refractivity contribution in [3.63, 3.8) is 0 Å². The largest absolute Gasteiger partial charge is 0.486 e. The van der Waals surface area contributed by atoms with Gasteiger partial charge in [0, 0.05) is 6.21 Å². The lowest BCUT2D eigenvalue weighted by Crippen LogP contribution is -1.98. The minimum absolute atomic E-state index is 0.341. The van der Waals surface area contributed by atoms with Gasteiger partial charge in [0.1, 0.15) is 6.61 Å². The van der Waals surface area contributed by atoms with Crippen molar-refractivity contribution in [2.75, 3.05) is 6.61 Å². The van der Waals surface area contributed by atoms with E-state index in [0.29, 0.717) is 17.5 Å². The minimum Gasteiger partial charge on any atom is -0.486 e. The number of hydrogen-bond donors (Lipinski definition) is 0. The highest BCUT2D eigenvalue weighted by molar-refractivity contribution is 9.11. The van der Waals surface area contributed by atoms with Gasteiger partial charge in [0.2, 0.25) is 0 Å². The van der Waals surface area contributed by atoms with Gasteiger partial charge in [-0.25, -0.2) is 4.99 Å². The highest BCUT2D eigenvalue weighted by Crippen LogP contribution is 2.17. The Labute approximate surface area is 121 Å². The van der Waals surface area contributed by atoms with Crippen LogP contribution in [0.1, 0.15) is 13.3 Å². The monoisotopic (exact) mass is 327 g/mol. The second-order valence-electron chi connectivity index (χ2n) is 3.47. The minimum atomic E-state index is 0.341. The molecule has 1 aliphatic rings. The Morgan fingerprint density at radius 2 is 2.33 bits per heavy atom. The van der Waals surface area contributed by atoms with Crippen molar-refractivity contribution in [3.05, 3.63) is 57.9 Å². The van der Waals surface area contributed by atoms with Crippen LogP contribution < -0.4 is 0 Å². The molecule has 0 atom stereocenters. The van der Waals surface area contributed by atoms with E-state index in [4.69, 9.17) is 16.3 Å². The van der Waals surface area contributed by atoms with Crippen molar-refractivity contribution >= 4 is 33.7 Å². The molecular formula is C14H15BrClNO. The van der Waals surface area contributed by atoms with Gasteiger partial charge in [0.25, 0.3) is 0 Å². The topological polar surface area (TPSA) is 21.6 Å². The van der Waals surface area contributed by atoms with Gasteiger partial charge >= 0.3 is 0 Å². The first-order valence-electron chi connectivity index (χ1n) is 5.57. The maximum absolute atomic E-state index is 6.01. The van der Waals surface area contributed by atoms with E-state index in [-0.39, 0.29) is 0 Å². The quantitative estimate of drug-likeness (QED) is 0.306. The average Bonchev–Trinajstić information content (AvgIpc) is 2.63. The third-order valence-electron chi connectivity index (χ3n) is 2.14. The third kappa shape index (κ3) is 5.52. The van der Waals surface area contributed by atoms with Crippen molar-refractivity contribution in [1.29, 1.82) is 0 Å². The Hall–Kier alpha value is -1.06. The zero-order valence-corrected chi connectivity index (χ0v) is 12.5. The van der Waals surface area contributed by atoms with E-state index >= 15 is 0 Å². The number of halogens is 2. The van der Waals surface area contributed by atoms with Crippen molar-refractivity contribution in [2.45, 2.75) is 13.3 Å². The highest BCUT2D eigenvalue weighted by atomic mass is 79.9. The van der Waals surface area contributed by atoms with Crippen LogP contribution in [0.5, 0.6) is 0 Å². The number of ether oxygens (including phenoxy) is 1. The van der Waals surface area contributed by atoms with E-state index in [1.165, 1.54) is 5.57 Å². The molecule has 0 N–H and O–H groups in total. The zero-order chi connectivity index (χ0) is 13.2. The van der Waals surface area contributed by atoms with Gasteiger partial charge in [0.05, 0.1) is 0 Å². The van der Waals surface area contributed by atoms with Gasteiger partial charge in [-0.2, -0.15) is 0 Å². The molecule has 0 amide bonds. The van der Waals surface area contributed by atoms with Gasteiger partial charge < -0.3 is 4.74 Å². The van der Waals surface area contributed by atoms with E-state index in [9.17, 15) is 0 Å². The molecule has 18 heavy (non-hydrogen) atoms. The molecule has 0 heterocycles. The first-order valence-corrected chi connectivity index (χ1v) is 6.86. The molecule has 1 aliphatic carbocycles. The maximum Gasteiger partial charge on any atom is 0.170 e. The average molecular weight is 329 g/mol. The first kappa shape index (κ1) is 15.0. The van der Waals surface area contributed by atoms with E-state index in [2.05, 4.69) is 27.0 Å². The van der Waals surface area contributed by atoms with Crippen LogP contribution in [-0.2, 0) is 4.74 Å². The number of aliphatic imine (C=N–C) groups is 1. The molecule has 0 aromatic carbocycles. The van der Waals surface area contributed by atoms with Crippen molar-refractivity contribution < 1.29 is 4.74 Å². The Kier molecular flexibility index (Phi) is 7.46. The summed E-state index contributed by atoms with van der Waals surface area (Å²) in [5, 5.41) is 0.341. The molecule has 0 aromatic heterocycles. The van der Waals surface area contributed by atoms with Crippen LogP contribution in [0.3, 0.4) is 0 Å². The molecule has 0 spiro atoms. The summed E-state index contributed by atoms with van der Waals surface area (Å²) >= 11 is 9.22. The molecule has 0 fully saturated rings. The molecule has 4 heteroatoms. The summed E-state index contributed by atoms with van der Waals surface area (Å²) in [5.74, 6) is 0.546. The first-order chi connectivity index (χ1) is 8.77. The molecule has 96 valence electrons. The number of nitrogens with zero attached hydrogens (tertiary/aromatic N) is 1. The molecule has 0 radical (unpaired) electrons. The molecular weight excluding hydrogens is 314 g/mol. The summed E-state index contributed by atoms with van der Waals surface area (Å²) in [4.78, 5) is 5.69. The van der Waals surface area contributed by atoms with E-state index in [1.807, 2.05) is 24.3 Å². The number of allylic oxidation sites excluding steroid dienone is 6. The van der Waals surface area contributed by atoms with Gasteiger partial charge in [0.15, 0.2) is 10.9 Å². The van der Waals surface area contributed by atoms with E-state index < -0.39 is 0 Å². The van der Waals surface area contributed by atoms with Gasteiger partial charge in [-0.3, -0.25) is 0 Å². The lowest BCUT2D eigenvalue weighted by Gasteiger charge is -2.09. The summed E-state index contributed by atoms with van der Waals surface area (Å²) in [5.41, 5.74) is 1.19. The summed E-state index contributed by atoms with van der Waals surface area (Å²) in [6, 6.07) is 0. The molecule has 0 aliphatic heterocycles.